The van der Waals surface area contributed by atoms with Gasteiger partial charge < -0.3 is 21.1 Å². The standard InChI is InChI=1S/C22H20FN3O4S/c1-11-4-5-13(10-16(11)24)19(27)26-21-17(22(29)30-3)12(2)18(31-21)20(28)25-15-8-6-14(23)7-9-15/h4-10H,24H2,1-3H3,(H,25,28)(H,26,27). The first kappa shape index (κ1) is 22.0. The number of amides is 2. The number of esters is 1. The van der Waals surface area contributed by atoms with E-state index in [1.54, 1.807) is 19.1 Å². The maximum atomic E-state index is 13.1. The second kappa shape index (κ2) is 8.97. The number of nitrogens with two attached hydrogens (primary N) is 1. The average Bonchev–Trinajstić information content (AvgIpc) is 3.07. The summed E-state index contributed by atoms with van der Waals surface area (Å²) in [7, 11) is 1.21. The van der Waals surface area contributed by atoms with E-state index in [-0.39, 0.29) is 15.4 Å². The molecule has 0 fully saturated rings. The molecule has 0 spiro atoms. The number of anilines is 3. The van der Waals surface area contributed by atoms with Crippen LogP contribution in [0.3, 0.4) is 0 Å². The summed E-state index contributed by atoms with van der Waals surface area (Å²) in [6.45, 7) is 3.41. The fourth-order valence-electron chi connectivity index (χ4n) is 2.84. The lowest BCUT2D eigenvalue weighted by Crippen LogP contribution is -2.15. The minimum Gasteiger partial charge on any atom is -0.465 e. The van der Waals surface area contributed by atoms with E-state index in [1.165, 1.54) is 37.4 Å². The van der Waals surface area contributed by atoms with E-state index < -0.39 is 23.6 Å². The summed E-state index contributed by atoms with van der Waals surface area (Å²) < 4.78 is 17.9. The summed E-state index contributed by atoms with van der Waals surface area (Å²) in [6, 6.07) is 10.1. The maximum Gasteiger partial charge on any atom is 0.341 e. The lowest BCUT2D eigenvalue weighted by Gasteiger charge is -2.07. The second-order valence-electron chi connectivity index (χ2n) is 6.74. The molecule has 2 aromatic carbocycles. The van der Waals surface area contributed by atoms with Gasteiger partial charge in [0.2, 0.25) is 0 Å². The molecule has 0 unspecified atom stereocenters. The molecule has 2 amide bonds. The molecular formula is C22H20FN3O4S. The second-order valence-corrected chi connectivity index (χ2v) is 7.76. The average molecular weight is 441 g/mol. The third kappa shape index (κ3) is 4.72. The van der Waals surface area contributed by atoms with E-state index in [4.69, 9.17) is 10.5 Å². The van der Waals surface area contributed by atoms with Gasteiger partial charge in [-0.1, -0.05) is 6.07 Å². The molecule has 1 heterocycles. The van der Waals surface area contributed by atoms with Crippen molar-refractivity contribution < 1.29 is 23.5 Å². The zero-order valence-electron chi connectivity index (χ0n) is 17.0. The summed E-state index contributed by atoms with van der Waals surface area (Å²) in [4.78, 5) is 38.0. The maximum absolute atomic E-state index is 13.1. The molecule has 9 heteroatoms. The number of thiophene rings is 1. The molecule has 0 atom stereocenters. The first-order chi connectivity index (χ1) is 14.7. The van der Waals surface area contributed by atoms with Crippen LogP contribution in [0.5, 0.6) is 0 Å². The monoisotopic (exact) mass is 441 g/mol. The Morgan fingerprint density at radius 1 is 1.00 bits per heavy atom. The van der Waals surface area contributed by atoms with Crippen molar-refractivity contribution in [1.82, 2.24) is 0 Å². The van der Waals surface area contributed by atoms with E-state index in [0.717, 1.165) is 16.9 Å². The Morgan fingerprint density at radius 3 is 2.29 bits per heavy atom. The minimum absolute atomic E-state index is 0.0881. The van der Waals surface area contributed by atoms with Crippen molar-refractivity contribution in [3.8, 4) is 0 Å². The molecule has 3 rings (SSSR count). The molecule has 0 saturated carbocycles. The summed E-state index contributed by atoms with van der Waals surface area (Å²) in [5.41, 5.74) is 8.31. The van der Waals surface area contributed by atoms with Crippen molar-refractivity contribution in [2.75, 3.05) is 23.5 Å². The first-order valence-electron chi connectivity index (χ1n) is 9.17. The van der Waals surface area contributed by atoms with Crippen LogP contribution < -0.4 is 16.4 Å². The highest BCUT2D eigenvalue weighted by Gasteiger charge is 2.26. The molecule has 0 radical (unpaired) electrons. The highest BCUT2D eigenvalue weighted by molar-refractivity contribution is 7.19. The highest BCUT2D eigenvalue weighted by atomic mass is 32.1. The summed E-state index contributed by atoms with van der Waals surface area (Å²) in [5, 5.41) is 5.49. The number of benzene rings is 2. The molecule has 0 aliphatic heterocycles. The van der Waals surface area contributed by atoms with Crippen LogP contribution in [0.2, 0.25) is 0 Å². The molecule has 0 saturated heterocycles. The Bertz CT molecular complexity index is 1170. The Balaban J connectivity index is 1.93. The van der Waals surface area contributed by atoms with Crippen molar-refractivity contribution >= 4 is 45.5 Å². The third-order valence-corrected chi connectivity index (χ3v) is 5.82. The van der Waals surface area contributed by atoms with Crippen molar-refractivity contribution in [2.45, 2.75) is 13.8 Å². The van der Waals surface area contributed by atoms with Crippen LogP contribution in [-0.4, -0.2) is 24.9 Å². The van der Waals surface area contributed by atoms with Crippen LogP contribution in [0.25, 0.3) is 0 Å². The molecule has 0 aliphatic carbocycles. The van der Waals surface area contributed by atoms with Crippen LogP contribution in [0.15, 0.2) is 42.5 Å². The zero-order valence-corrected chi connectivity index (χ0v) is 17.9. The van der Waals surface area contributed by atoms with Gasteiger partial charge in [-0.2, -0.15) is 0 Å². The Morgan fingerprint density at radius 2 is 1.68 bits per heavy atom. The fraction of sp³-hybridized carbons (Fsp3) is 0.136. The van der Waals surface area contributed by atoms with E-state index in [0.29, 0.717) is 22.5 Å². The van der Waals surface area contributed by atoms with E-state index >= 15 is 0 Å². The minimum atomic E-state index is -0.687. The smallest absolute Gasteiger partial charge is 0.341 e. The van der Waals surface area contributed by atoms with Crippen molar-refractivity contribution in [2.24, 2.45) is 0 Å². The van der Waals surface area contributed by atoms with Gasteiger partial charge >= 0.3 is 5.97 Å². The predicted octanol–water partition coefficient (Wildman–Crippen LogP) is 4.38. The third-order valence-electron chi connectivity index (χ3n) is 4.61. The summed E-state index contributed by atoms with van der Waals surface area (Å²) >= 11 is 0.941. The van der Waals surface area contributed by atoms with Crippen molar-refractivity contribution in [1.29, 1.82) is 0 Å². The van der Waals surface area contributed by atoms with Gasteiger partial charge in [0.25, 0.3) is 11.8 Å². The Hall–Kier alpha value is -3.72. The quantitative estimate of drug-likeness (QED) is 0.402. The van der Waals surface area contributed by atoms with Crippen molar-refractivity contribution in [3.63, 3.8) is 0 Å². The number of nitrogen functional groups attached to an aromatic ring is 1. The zero-order chi connectivity index (χ0) is 22.7. The van der Waals surface area contributed by atoms with Gasteiger partial charge in [-0.05, 0) is 61.4 Å². The topological polar surface area (TPSA) is 111 Å². The molecule has 1 aromatic heterocycles. The SMILES string of the molecule is COC(=O)c1c(NC(=O)c2ccc(C)c(N)c2)sc(C(=O)Nc2ccc(F)cc2)c1C. The summed E-state index contributed by atoms with van der Waals surface area (Å²) in [6.07, 6.45) is 0. The first-order valence-corrected chi connectivity index (χ1v) is 9.99. The number of halogens is 1. The molecule has 4 N–H and O–H groups in total. The number of hydrogen-bond acceptors (Lipinski definition) is 6. The molecule has 3 aromatic rings. The van der Waals surface area contributed by atoms with E-state index in [2.05, 4.69) is 10.6 Å². The fourth-order valence-corrected chi connectivity index (χ4v) is 3.93. The van der Waals surface area contributed by atoms with Gasteiger partial charge in [-0.25, -0.2) is 9.18 Å². The normalized spacial score (nSPS) is 10.5. The van der Waals surface area contributed by atoms with Crippen LogP contribution in [-0.2, 0) is 4.74 Å². The van der Waals surface area contributed by atoms with Crippen LogP contribution in [0, 0.1) is 19.7 Å². The van der Waals surface area contributed by atoms with Gasteiger partial charge in [-0.15, -0.1) is 11.3 Å². The van der Waals surface area contributed by atoms with Crippen LogP contribution in [0.1, 0.15) is 41.5 Å². The Kier molecular flexibility index (Phi) is 6.36. The molecule has 0 aliphatic rings. The lowest BCUT2D eigenvalue weighted by atomic mass is 10.1. The van der Waals surface area contributed by atoms with Crippen molar-refractivity contribution in [3.05, 3.63) is 75.4 Å². The number of rotatable bonds is 5. The number of carbonyl (C=O) groups excluding carboxylic acids is 3. The van der Waals surface area contributed by atoms with Gasteiger partial charge in [0.1, 0.15) is 10.8 Å². The number of ether oxygens (including phenoxy) is 1. The number of carbonyl (C=O) groups is 3. The van der Waals surface area contributed by atoms with E-state index in [9.17, 15) is 18.8 Å². The number of aryl methyl sites for hydroxylation is 1. The van der Waals surface area contributed by atoms with Gasteiger partial charge in [0.05, 0.1) is 17.6 Å². The van der Waals surface area contributed by atoms with Gasteiger partial charge in [0, 0.05) is 16.9 Å². The number of hydrogen-bond donors (Lipinski definition) is 3. The number of nitrogens with one attached hydrogen (secondary N) is 2. The van der Waals surface area contributed by atoms with E-state index in [1.807, 2.05) is 6.92 Å². The highest BCUT2D eigenvalue weighted by Crippen LogP contribution is 2.34. The Labute approximate surface area is 182 Å². The summed E-state index contributed by atoms with van der Waals surface area (Å²) in [5.74, 6) is -2.10. The molecule has 31 heavy (non-hydrogen) atoms. The van der Waals surface area contributed by atoms with Gasteiger partial charge in [-0.3, -0.25) is 9.59 Å². The largest absolute Gasteiger partial charge is 0.465 e. The molecule has 160 valence electrons. The van der Waals surface area contributed by atoms with Gasteiger partial charge in [0.15, 0.2) is 0 Å². The lowest BCUT2D eigenvalue weighted by molar-refractivity contribution is 0.0601. The predicted molar refractivity (Wildman–Crippen MR) is 118 cm³/mol. The van der Waals surface area contributed by atoms with Crippen LogP contribution >= 0.6 is 11.3 Å². The van der Waals surface area contributed by atoms with Crippen LogP contribution in [0.4, 0.5) is 20.8 Å². The molecular weight excluding hydrogens is 421 g/mol. The number of methoxy groups -OCH3 is 1. The molecule has 0 bridgehead atoms. The molecule has 7 nitrogen and oxygen atoms in total.